The zero-order valence-corrected chi connectivity index (χ0v) is 8.84. The molecule has 3 nitrogen and oxygen atoms in total. The molecule has 0 saturated carbocycles. The third-order valence-corrected chi connectivity index (χ3v) is 2.18. The van der Waals surface area contributed by atoms with Crippen LogP contribution < -0.4 is 5.32 Å². The Morgan fingerprint density at radius 2 is 2.08 bits per heavy atom. The Balaban J connectivity index is 4.36. The number of hydrogen-bond donors (Lipinski definition) is 1. The molecule has 0 bridgehead atoms. The van der Waals surface area contributed by atoms with Gasteiger partial charge in [0.05, 0.1) is 6.04 Å². The summed E-state index contributed by atoms with van der Waals surface area (Å²) in [5.41, 5.74) is 0. The molecule has 1 N–H and O–H groups in total. The second-order valence-electron chi connectivity index (χ2n) is 2.90. The predicted octanol–water partition coefficient (Wildman–Crippen LogP) is 0.671. The van der Waals surface area contributed by atoms with Crippen LogP contribution in [0.15, 0.2) is 12.7 Å². The van der Waals surface area contributed by atoms with Gasteiger partial charge in [-0.1, -0.05) is 20.4 Å². The number of likely N-dealkylation sites (N-methyl/N-ethyl adjacent to an activating group) is 2. The molecule has 0 radical (unpaired) electrons. The lowest BCUT2D eigenvalue weighted by molar-refractivity contribution is -0.119. The second kappa shape index (κ2) is 6.80. The van der Waals surface area contributed by atoms with Gasteiger partial charge in [0, 0.05) is 6.54 Å². The number of carbonyl (C=O) groups is 1. The fourth-order valence-electron chi connectivity index (χ4n) is 1.40. The maximum atomic E-state index is 11.5. The highest BCUT2D eigenvalue weighted by atomic mass is 16.1. The maximum Gasteiger partial charge on any atom is 0.173 e. The van der Waals surface area contributed by atoms with Crippen molar-refractivity contribution in [3.05, 3.63) is 12.7 Å². The number of rotatable bonds is 7. The van der Waals surface area contributed by atoms with Crippen LogP contribution in [-0.4, -0.2) is 43.4 Å². The first-order chi connectivity index (χ1) is 6.21. The van der Waals surface area contributed by atoms with Crippen molar-refractivity contribution in [3.8, 4) is 0 Å². The van der Waals surface area contributed by atoms with Crippen LogP contribution in [0.1, 0.15) is 13.8 Å². The Morgan fingerprint density at radius 1 is 1.54 bits per heavy atom. The fourth-order valence-corrected chi connectivity index (χ4v) is 1.40. The van der Waals surface area contributed by atoms with Gasteiger partial charge in [-0.15, -0.1) is 0 Å². The molecule has 0 aliphatic heterocycles. The van der Waals surface area contributed by atoms with E-state index < -0.39 is 0 Å². The van der Waals surface area contributed by atoms with Crippen molar-refractivity contribution >= 4 is 5.78 Å². The average molecular weight is 184 g/mol. The van der Waals surface area contributed by atoms with Crippen LogP contribution in [0, 0.1) is 0 Å². The van der Waals surface area contributed by atoms with Gasteiger partial charge in [0.2, 0.25) is 0 Å². The maximum absolute atomic E-state index is 11.5. The van der Waals surface area contributed by atoms with Crippen LogP contribution in [0.2, 0.25) is 0 Å². The minimum absolute atomic E-state index is 0.0579. The molecule has 0 aromatic heterocycles. The first-order valence-electron chi connectivity index (χ1n) is 4.76. The van der Waals surface area contributed by atoms with Gasteiger partial charge in [0.25, 0.3) is 0 Å². The first-order valence-corrected chi connectivity index (χ1v) is 4.76. The normalized spacial score (nSPS) is 12.9. The molecule has 0 saturated heterocycles. The Bertz CT molecular complexity index is 164. The number of nitrogens with zero attached hydrogens (tertiary/aromatic N) is 1. The van der Waals surface area contributed by atoms with Crippen LogP contribution in [0.4, 0.5) is 0 Å². The third kappa shape index (κ3) is 3.70. The van der Waals surface area contributed by atoms with Crippen molar-refractivity contribution in [1.29, 1.82) is 0 Å². The van der Waals surface area contributed by atoms with Gasteiger partial charge >= 0.3 is 0 Å². The van der Waals surface area contributed by atoms with Crippen LogP contribution >= 0.6 is 0 Å². The largest absolute Gasteiger partial charge is 0.318 e. The van der Waals surface area contributed by atoms with Crippen LogP contribution in [-0.2, 0) is 4.79 Å². The average Bonchev–Trinajstić information content (AvgIpc) is 2.17. The molecule has 3 heteroatoms. The summed E-state index contributed by atoms with van der Waals surface area (Å²) in [5, 5.41) is 3.02. The first kappa shape index (κ1) is 12.3. The van der Waals surface area contributed by atoms with Gasteiger partial charge in [0.1, 0.15) is 0 Å². The van der Waals surface area contributed by atoms with Gasteiger partial charge in [-0.2, -0.15) is 0 Å². The van der Waals surface area contributed by atoms with E-state index in [0.717, 1.165) is 13.1 Å². The highest BCUT2D eigenvalue weighted by molar-refractivity contribution is 5.94. The van der Waals surface area contributed by atoms with E-state index in [9.17, 15) is 4.79 Å². The van der Waals surface area contributed by atoms with Gasteiger partial charge < -0.3 is 5.32 Å². The Kier molecular flexibility index (Phi) is 6.45. The van der Waals surface area contributed by atoms with Crippen LogP contribution in [0.25, 0.3) is 0 Å². The van der Waals surface area contributed by atoms with Crippen molar-refractivity contribution in [3.63, 3.8) is 0 Å². The number of carbonyl (C=O) groups excluding carboxylic acids is 1. The molecule has 0 amide bonds. The summed E-state index contributed by atoms with van der Waals surface area (Å²) in [6.45, 7) is 10.1. The molecule has 0 rings (SSSR count). The molecule has 76 valence electrons. The Morgan fingerprint density at radius 3 is 2.38 bits per heavy atom. The van der Waals surface area contributed by atoms with E-state index in [4.69, 9.17) is 0 Å². The summed E-state index contributed by atoms with van der Waals surface area (Å²) in [7, 11) is 1.85. The number of nitrogens with one attached hydrogen (secondary N) is 1. The molecule has 0 aromatic rings. The van der Waals surface area contributed by atoms with E-state index in [2.05, 4.69) is 30.6 Å². The van der Waals surface area contributed by atoms with Crippen molar-refractivity contribution in [2.75, 3.05) is 26.7 Å². The summed E-state index contributed by atoms with van der Waals surface area (Å²) in [6, 6.07) is -0.0579. The fraction of sp³-hybridized carbons (Fsp3) is 0.700. The van der Waals surface area contributed by atoms with E-state index in [1.54, 1.807) is 0 Å². The smallest absolute Gasteiger partial charge is 0.173 e. The van der Waals surface area contributed by atoms with Crippen LogP contribution in [0.3, 0.4) is 0 Å². The van der Waals surface area contributed by atoms with E-state index in [1.807, 2.05) is 7.05 Å². The lowest BCUT2D eigenvalue weighted by atomic mass is 10.1. The minimum Gasteiger partial charge on any atom is -0.318 e. The van der Waals surface area contributed by atoms with Gasteiger partial charge in [0.15, 0.2) is 5.78 Å². The zero-order chi connectivity index (χ0) is 10.3. The quantitative estimate of drug-likeness (QED) is 0.590. The van der Waals surface area contributed by atoms with E-state index in [0.29, 0.717) is 6.54 Å². The predicted molar refractivity (Wildman–Crippen MR) is 55.8 cm³/mol. The summed E-state index contributed by atoms with van der Waals surface area (Å²) < 4.78 is 0. The molecular formula is C10H20N2O. The van der Waals surface area contributed by atoms with Gasteiger partial charge in [-0.25, -0.2) is 0 Å². The Labute approximate surface area is 80.8 Å². The molecule has 0 spiro atoms. The van der Waals surface area contributed by atoms with Crippen molar-refractivity contribution in [2.45, 2.75) is 19.9 Å². The minimum atomic E-state index is -0.0579. The summed E-state index contributed by atoms with van der Waals surface area (Å²) >= 11 is 0. The van der Waals surface area contributed by atoms with E-state index in [-0.39, 0.29) is 11.8 Å². The van der Waals surface area contributed by atoms with Crippen molar-refractivity contribution < 1.29 is 4.79 Å². The van der Waals surface area contributed by atoms with E-state index >= 15 is 0 Å². The molecule has 0 fully saturated rings. The highest BCUT2D eigenvalue weighted by Gasteiger charge is 2.19. The molecule has 0 aliphatic carbocycles. The van der Waals surface area contributed by atoms with Crippen LogP contribution in [0.5, 0.6) is 0 Å². The third-order valence-electron chi connectivity index (χ3n) is 2.18. The van der Waals surface area contributed by atoms with Gasteiger partial charge in [-0.05, 0) is 26.2 Å². The highest BCUT2D eigenvalue weighted by Crippen LogP contribution is 2.00. The second-order valence-corrected chi connectivity index (χ2v) is 2.90. The molecule has 0 aromatic carbocycles. The molecular weight excluding hydrogens is 164 g/mol. The standard InChI is InChI=1S/C10H20N2O/c1-5-10(13)9(8-11-4)12(6-2)7-3/h5,9,11H,1,6-8H2,2-4H3. The van der Waals surface area contributed by atoms with Crippen molar-refractivity contribution in [1.82, 2.24) is 10.2 Å². The SMILES string of the molecule is C=CC(=O)C(CNC)N(CC)CC. The zero-order valence-electron chi connectivity index (χ0n) is 8.84. The lowest BCUT2D eigenvalue weighted by Gasteiger charge is -2.27. The van der Waals surface area contributed by atoms with E-state index in [1.165, 1.54) is 6.08 Å². The molecule has 1 atom stereocenters. The summed E-state index contributed by atoms with van der Waals surface area (Å²) in [4.78, 5) is 13.6. The summed E-state index contributed by atoms with van der Waals surface area (Å²) in [6.07, 6.45) is 1.40. The lowest BCUT2D eigenvalue weighted by Crippen LogP contribution is -2.46. The monoisotopic (exact) mass is 184 g/mol. The number of hydrogen-bond acceptors (Lipinski definition) is 3. The molecule has 13 heavy (non-hydrogen) atoms. The molecule has 1 unspecified atom stereocenters. The van der Waals surface area contributed by atoms with Gasteiger partial charge in [-0.3, -0.25) is 9.69 Å². The van der Waals surface area contributed by atoms with Crippen molar-refractivity contribution in [2.24, 2.45) is 0 Å². The molecule has 0 aliphatic rings. The molecule has 0 heterocycles. The number of ketones is 1. The summed E-state index contributed by atoms with van der Waals surface area (Å²) in [5.74, 6) is 0.0954. The topological polar surface area (TPSA) is 32.3 Å². The Hall–Kier alpha value is -0.670.